The molecule has 5 rings (SSSR count). The molecule has 2 aromatic heterocycles. The number of rotatable bonds is 10. The van der Waals surface area contributed by atoms with Gasteiger partial charge in [0.05, 0.1) is 11.1 Å². The summed E-state index contributed by atoms with van der Waals surface area (Å²) in [6.45, 7) is 11.7. The molecule has 1 unspecified atom stereocenters. The van der Waals surface area contributed by atoms with Crippen LogP contribution in [-0.2, 0) is 12.8 Å². The Hall–Kier alpha value is -3.88. The van der Waals surface area contributed by atoms with Crippen molar-refractivity contribution >= 4 is 16.7 Å². The van der Waals surface area contributed by atoms with Gasteiger partial charge in [-0.3, -0.25) is 9.36 Å². The minimum Gasteiger partial charge on any atom is -0.304 e. The number of hydrogen-bond acceptors (Lipinski definition) is 4. The molecule has 250 valence electrons. The Labute approximate surface area is 274 Å². The van der Waals surface area contributed by atoms with E-state index in [0.717, 1.165) is 29.2 Å². The van der Waals surface area contributed by atoms with Crippen molar-refractivity contribution in [2.75, 3.05) is 0 Å². The van der Waals surface area contributed by atoms with Gasteiger partial charge in [0.25, 0.3) is 5.56 Å². The van der Waals surface area contributed by atoms with E-state index in [-0.39, 0.29) is 42.3 Å². The summed E-state index contributed by atoms with van der Waals surface area (Å²) in [4.78, 5) is 24.7. The van der Waals surface area contributed by atoms with E-state index in [9.17, 15) is 22.4 Å². The van der Waals surface area contributed by atoms with Gasteiger partial charge in [0.15, 0.2) is 5.65 Å². The van der Waals surface area contributed by atoms with Gasteiger partial charge in [-0.1, -0.05) is 40.2 Å². The lowest BCUT2D eigenvalue weighted by molar-refractivity contribution is -0.0384. The number of nitrogens with one attached hydrogen (secondary N) is 1. The molecule has 0 saturated heterocycles. The molecule has 1 aliphatic carbocycles. The van der Waals surface area contributed by atoms with Crippen LogP contribution in [0, 0.1) is 36.8 Å². The fourth-order valence-electron chi connectivity index (χ4n) is 7.09. The first kappa shape index (κ1) is 34.5. The van der Waals surface area contributed by atoms with Gasteiger partial charge in [-0.15, -0.1) is 0 Å². The van der Waals surface area contributed by atoms with E-state index in [2.05, 4.69) is 0 Å². The minimum atomic E-state index is -2.68. The van der Waals surface area contributed by atoms with E-state index in [1.807, 2.05) is 59.7 Å². The normalized spacial score (nSPS) is 15.8. The van der Waals surface area contributed by atoms with E-state index in [0.29, 0.717) is 65.1 Å². The molecule has 0 bridgehead atoms. The molecule has 4 aromatic rings. The zero-order valence-electron chi connectivity index (χ0n) is 28.1. The van der Waals surface area contributed by atoms with Gasteiger partial charge >= 0.3 is 0 Å². The number of aryl methyl sites for hydroxylation is 2. The van der Waals surface area contributed by atoms with Crippen molar-refractivity contribution in [3.05, 3.63) is 97.7 Å². The summed E-state index contributed by atoms with van der Waals surface area (Å²) in [6.07, 6.45) is 2.42. The van der Waals surface area contributed by atoms with Crippen molar-refractivity contribution < 1.29 is 17.6 Å². The zero-order chi connectivity index (χ0) is 34.2. The quantitative estimate of drug-likeness (QED) is 0.138. The number of aromatic nitrogens is 3. The van der Waals surface area contributed by atoms with Gasteiger partial charge in [0, 0.05) is 47.7 Å². The lowest BCUT2D eigenvalue weighted by Gasteiger charge is -2.28. The van der Waals surface area contributed by atoms with Gasteiger partial charge < -0.3 is 5.41 Å². The summed E-state index contributed by atoms with van der Waals surface area (Å²) >= 11 is 0. The maximum atomic E-state index is 14.7. The summed E-state index contributed by atoms with van der Waals surface area (Å²) in [6, 6.07) is 9.12. The van der Waals surface area contributed by atoms with Crippen molar-refractivity contribution in [3.63, 3.8) is 0 Å². The summed E-state index contributed by atoms with van der Waals surface area (Å²) in [5.74, 6) is -4.23. The molecule has 1 N–H and O–H groups in total. The van der Waals surface area contributed by atoms with E-state index in [1.54, 1.807) is 4.57 Å². The standard InChI is InChI=1S/C38H44F4N4O/c1-7-9-27(17-24-18-28(39)20-29(40)19-24)36-45-35-32(22(5)16-30(44-35)26-12-14-38(41,42)15-13-26)37(47)46(36)31-11-10-25(8-2)33(23(31)6)34(43)21(3)4/h10-11,16,18-21,26-27,43H,7-9,12-15,17H2,1-6H3. The second kappa shape index (κ2) is 13.7. The van der Waals surface area contributed by atoms with Crippen LogP contribution in [0.2, 0.25) is 0 Å². The maximum absolute atomic E-state index is 14.7. The molecule has 5 nitrogen and oxygen atoms in total. The Morgan fingerprint density at radius 1 is 1.02 bits per heavy atom. The molecule has 2 aromatic carbocycles. The Balaban J connectivity index is 1.79. The molecule has 0 radical (unpaired) electrons. The highest BCUT2D eigenvalue weighted by Crippen LogP contribution is 2.41. The Bertz CT molecular complexity index is 1850. The van der Waals surface area contributed by atoms with Crippen molar-refractivity contribution in [3.8, 4) is 5.69 Å². The van der Waals surface area contributed by atoms with Crippen molar-refractivity contribution in [1.29, 1.82) is 5.41 Å². The largest absolute Gasteiger partial charge is 0.304 e. The smallest absolute Gasteiger partial charge is 0.267 e. The summed E-state index contributed by atoms with van der Waals surface area (Å²) in [7, 11) is 0. The predicted octanol–water partition coefficient (Wildman–Crippen LogP) is 9.68. The molecule has 0 amide bonds. The Kier molecular flexibility index (Phi) is 10.0. The van der Waals surface area contributed by atoms with E-state index in [1.165, 1.54) is 12.1 Å². The zero-order valence-corrected chi connectivity index (χ0v) is 28.1. The van der Waals surface area contributed by atoms with Crippen LogP contribution in [0.15, 0.2) is 41.2 Å². The molecule has 1 saturated carbocycles. The third-order valence-corrected chi connectivity index (χ3v) is 9.62. The lowest BCUT2D eigenvalue weighted by atomic mass is 9.84. The third-order valence-electron chi connectivity index (χ3n) is 9.62. The molecule has 9 heteroatoms. The second-order valence-electron chi connectivity index (χ2n) is 13.4. The number of pyridine rings is 1. The van der Waals surface area contributed by atoms with Gasteiger partial charge in [-0.2, -0.15) is 0 Å². The van der Waals surface area contributed by atoms with Crippen molar-refractivity contribution in [2.45, 2.75) is 111 Å². The third kappa shape index (κ3) is 7.04. The van der Waals surface area contributed by atoms with Crippen molar-refractivity contribution in [1.82, 2.24) is 14.5 Å². The van der Waals surface area contributed by atoms with Crippen LogP contribution in [0.5, 0.6) is 0 Å². The fourth-order valence-corrected chi connectivity index (χ4v) is 7.09. The first-order valence-corrected chi connectivity index (χ1v) is 16.7. The number of halogens is 4. The van der Waals surface area contributed by atoms with Crippen LogP contribution in [-0.4, -0.2) is 26.2 Å². The molecule has 0 aliphatic heterocycles. The molecule has 2 heterocycles. The Morgan fingerprint density at radius 3 is 2.28 bits per heavy atom. The number of alkyl halides is 2. The molecular weight excluding hydrogens is 604 g/mol. The number of fused-ring (bicyclic) bond motifs is 1. The van der Waals surface area contributed by atoms with E-state index in [4.69, 9.17) is 15.4 Å². The van der Waals surface area contributed by atoms with E-state index < -0.39 is 23.5 Å². The van der Waals surface area contributed by atoms with Crippen LogP contribution in [0.4, 0.5) is 17.6 Å². The van der Waals surface area contributed by atoms with Gasteiger partial charge in [-0.05, 0) is 98.4 Å². The van der Waals surface area contributed by atoms with Gasteiger partial charge in [0.2, 0.25) is 5.92 Å². The summed E-state index contributed by atoms with van der Waals surface area (Å²) < 4.78 is 58.2. The highest BCUT2D eigenvalue weighted by atomic mass is 19.3. The SMILES string of the molecule is CCCC(Cc1cc(F)cc(F)c1)c1nc2nc(C3CCC(F)(F)CC3)cc(C)c2c(=O)n1-c1ccc(CC)c(C(=N)C(C)C)c1C. The van der Waals surface area contributed by atoms with Crippen molar-refractivity contribution in [2.24, 2.45) is 5.92 Å². The Morgan fingerprint density at radius 2 is 1.68 bits per heavy atom. The molecule has 1 atom stereocenters. The van der Waals surface area contributed by atoms with Crippen LogP contribution >= 0.6 is 0 Å². The average Bonchev–Trinajstić information content (AvgIpc) is 2.99. The molecule has 1 aliphatic rings. The predicted molar refractivity (Wildman–Crippen MR) is 180 cm³/mol. The van der Waals surface area contributed by atoms with Crippen LogP contribution < -0.4 is 5.56 Å². The fraction of sp³-hybridized carbons (Fsp3) is 0.474. The average molecular weight is 649 g/mol. The van der Waals surface area contributed by atoms with E-state index >= 15 is 0 Å². The maximum Gasteiger partial charge on any atom is 0.267 e. The number of benzene rings is 2. The van der Waals surface area contributed by atoms with Gasteiger partial charge in [0.1, 0.15) is 17.5 Å². The first-order chi connectivity index (χ1) is 22.2. The summed E-state index contributed by atoms with van der Waals surface area (Å²) in [5.41, 5.74) is 5.36. The highest BCUT2D eigenvalue weighted by molar-refractivity contribution is 6.02. The molecule has 47 heavy (non-hydrogen) atoms. The number of hydrogen-bond donors (Lipinski definition) is 1. The number of nitrogens with zero attached hydrogens (tertiary/aromatic N) is 3. The minimum absolute atomic E-state index is 0.0412. The molecule has 1 fully saturated rings. The summed E-state index contributed by atoms with van der Waals surface area (Å²) in [5, 5.41) is 9.29. The first-order valence-electron chi connectivity index (χ1n) is 16.7. The topological polar surface area (TPSA) is 71.6 Å². The van der Waals surface area contributed by atoms with Crippen LogP contribution in [0.1, 0.15) is 117 Å². The van der Waals surface area contributed by atoms with Crippen LogP contribution in [0.3, 0.4) is 0 Å². The monoisotopic (exact) mass is 648 g/mol. The van der Waals surface area contributed by atoms with Gasteiger partial charge in [-0.25, -0.2) is 27.5 Å². The molecule has 0 spiro atoms. The molecular formula is C38H44F4N4O. The van der Waals surface area contributed by atoms with Crippen LogP contribution in [0.25, 0.3) is 16.7 Å². The highest BCUT2D eigenvalue weighted by Gasteiger charge is 2.36. The lowest BCUT2D eigenvalue weighted by Crippen LogP contribution is -2.29. The second-order valence-corrected chi connectivity index (χ2v) is 13.4.